The third kappa shape index (κ3) is 5.06. The maximum atomic E-state index is 12.3. The SMILES string of the molecule is CCc1ccc(NC(=O)C2CCCCC2)cc1NC(=O)CCN. The molecule has 4 N–H and O–H groups in total. The molecule has 0 aliphatic heterocycles. The van der Waals surface area contributed by atoms with Crippen molar-refractivity contribution in [2.45, 2.75) is 51.9 Å². The second-order valence-corrected chi connectivity index (χ2v) is 6.14. The van der Waals surface area contributed by atoms with Crippen LogP contribution < -0.4 is 16.4 Å². The minimum absolute atomic E-state index is 0.0909. The van der Waals surface area contributed by atoms with E-state index >= 15 is 0 Å². The standard InChI is InChI=1S/C18H27N3O2/c1-2-13-8-9-15(12-16(13)21-17(22)10-11-19)20-18(23)14-6-4-3-5-7-14/h8-9,12,14H,2-7,10-11,19H2,1H3,(H,20,23)(H,21,22). The predicted octanol–water partition coefficient (Wildman–Crippen LogP) is 3.06. The van der Waals surface area contributed by atoms with Crippen molar-refractivity contribution in [3.63, 3.8) is 0 Å². The summed E-state index contributed by atoms with van der Waals surface area (Å²) in [6, 6.07) is 5.70. The largest absolute Gasteiger partial charge is 0.330 e. The molecule has 1 aliphatic carbocycles. The van der Waals surface area contributed by atoms with E-state index in [1.165, 1.54) is 6.42 Å². The summed E-state index contributed by atoms with van der Waals surface area (Å²) in [5.74, 6) is 0.107. The van der Waals surface area contributed by atoms with Gasteiger partial charge in [-0.15, -0.1) is 0 Å². The van der Waals surface area contributed by atoms with Crippen LogP contribution >= 0.6 is 0 Å². The predicted molar refractivity (Wildman–Crippen MR) is 93.3 cm³/mol. The van der Waals surface area contributed by atoms with E-state index in [2.05, 4.69) is 10.6 Å². The van der Waals surface area contributed by atoms with E-state index < -0.39 is 0 Å². The molecule has 2 amide bonds. The Labute approximate surface area is 138 Å². The number of carbonyl (C=O) groups excluding carboxylic acids is 2. The highest BCUT2D eigenvalue weighted by atomic mass is 16.2. The van der Waals surface area contributed by atoms with E-state index in [1.807, 2.05) is 25.1 Å². The van der Waals surface area contributed by atoms with Crippen LogP contribution in [0.3, 0.4) is 0 Å². The van der Waals surface area contributed by atoms with Gasteiger partial charge in [0.15, 0.2) is 0 Å². The third-order valence-electron chi connectivity index (χ3n) is 4.38. The lowest BCUT2D eigenvalue weighted by atomic mass is 9.88. The Morgan fingerprint density at radius 3 is 2.57 bits per heavy atom. The first-order valence-electron chi connectivity index (χ1n) is 8.57. The van der Waals surface area contributed by atoms with Crippen LogP contribution in [0, 0.1) is 5.92 Å². The molecule has 0 unspecified atom stereocenters. The molecule has 0 heterocycles. The fraction of sp³-hybridized carbons (Fsp3) is 0.556. The monoisotopic (exact) mass is 317 g/mol. The number of aryl methyl sites for hydroxylation is 1. The van der Waals surface area contributed by atoms with Gasteiger partial charge in [-0.05, 0) is 37.0 Å². The fourth-order valence-corrected chi connectivity index (χ4v) is 3.03. The van der Waals surface area contributed by atoms with Crippen molar-refractivity contribution in [1.29, 1.82) is 0 Å². The average Bonchev–Trinajstić information content (AvgIpc) is 2.56. The van der Waals surface area contributed by atoms with Crippen molar-refractivity contribution in [2.24, 2.45) is 11.7 Å². The van der Waals surface area contributed by atoms with E-state index in [0.717, 1.165) is 49.0 Å². The van der Waals surface area contributed by atoms with Crippen molar-refractivity contribution >= 4 is 23.2 Å². The Bertz CT molecular complexity index is 551. The van der Waals surface area contributed by atoms with Crippen molar-refractivity contribution in [1.82, 2.24) is 0 Å². The molecule has 1 saturated carbocycles. The highest BCUT2D eigenvalue weighted by Gasteiger charge is 2.21. The minimum atomic E-state index is -0.0991. The molecule has 126 valence electrons. The molecular formula is C18H27N3O2. The topological polar surface area (TPSA) is 84.2 Å². The van der Waals surface area contributed by atoms with Crippen molar-refractivity contribution < 1.29 is 9.59 Å². The molecule has 0 saturated heterocycles. The number of nitrogens with one attached hydrogen (secondary N) is 2. The maximum Gasteiger partial charge on any atom is 0.227 e. The van der Waals surface area contributed by atoms with Gasteiger partial charge in [0.2, 0.25) is 11.8 Å². The second kappa shape index (κ2) is 8.67. The molecule has 1 aromatic carbocycles. The van der Waals surface area contributed by atoms with Gasteiger partial charge in [-0.1, -0.05) is 32.3 Å². The van der Waals surface area contributed by atoms with Gasteiger partial charge in [-0.2, -0.15) is 0 Å². The first-order chi connectivity index (χ1) is 11.1. The lowest BCUT2D eigenvalue weighted by molar-refractivity contribution is -0.120. The molecule has 5 nitrogen and oxygen atoms in total. The Balaban J connectivity index is 2.06. The van der Waals surface area contributed by atoms with Crippen molar-refractivity contribution in [2.75, 3.05) is 17.2 Å². The second-order valence-electron chi connectivity index (χ2n) is 6.14. The Morgan fingerprint density at radius 2 is 1.91 bits per heavy atom. The van der Waals surface area contributed by atoms with Gasteiger partial charge in [-0.25, -0.2) is 0 Å². The van der Waals surface area contributed by atoms with Crippen LogP contribution in [-0.4, -0.2) is 18.4 Å². The van der Waals surface area contributed by atoms with Gasteiger partial charge >= 0.3 is 0 Å². The van der Waals surface area contributed by atoms with E-state index in [-0.39, 0.29) is 17.7 Å². The molecule has 0 radical (unpaired) electrons. The third-order valence-corrected chi connectivity index (χ3v) is 4.38. The summed E-state index contributed by atoms with van der Waals surface area (Å²) in [7, 11) is 0. The molecule has 2 rings (SSSR count). The number of hydrogen-bond acceptors (Lipinski definition) is 3. The van der Waals surface area contributed by atoms with E-state index in [0.29, 0.717) is 13.0 Å². The van der Waals surface area contributed by atoms with Crippen LogP contribution in [0.15, 0.2) is 18.2 Å². The number of benzene rings is 1. The van der Waals surface area contributed by atoms with Gasteiger partial charge in [0, 0.05) is 30.3 Å². The highest BCUT2D eigenvalue weighted by molar-refractivity contribution is 5.95. The maximum absolute atomic E-state index is 12.3. The molecule has 23 heavy (non-hydrogen) atoms. The molecular weight excluding hydrogens is 290 g/mol. The van der Waals surface area contributed by atoms with E-state index in [9.17, 15) is 9.59 Å². The van der Waals surface area contributed by atoms with Crippen molar-refractivity contribution in [3.8, 4) is 0 Å². The smallest absolute Gasteiger partial charge is 0.227 e. The summed E-state index contributed by atoms with van der Waals surface area (Å²) >= 11 is 0. The first kappa shape index (κ1) is 17.5. The summed E-state index contributed by atoms with van der Waals surface area (Å²) in [6.45, 7) is 2.36. The number of rotatable bonds is 6. The summed E-state index contributed by atoms with van der Waals surface area (Å²) in [5.41, 5.74) is 7.96. The van der Waals surface area contributed by atoms with Gasteiger partial charge in [0.25, 0.3) is 0 Å². The molecule has 1 aliphatic rings. The lowest BCUT2D eigenvalue weighted by Gasteiger charge is -2.21. The Morgan fingerprint density at radius 1 is 1.17 bits per heavy atom. The van der Waals surface area contributed by atoms with E-state index in [1.54, 1.807) is 0 Å². The van der Waals surface area contributed by atoms with Crippen LogP contribution in [0.2, 0.25) is 0 Å². The minimum Gasteiger partial charge on any atom is -0.330 e. The normalized spacial score (nSPS) is 15.2. The molecule has 0 atom stereocenters. The number of hydrogen-bond donors (Lipinski definition) is 3. The molecule has 1 fully saturated rings. The van der Waals surface area contributed by atoms with Crippen LogP contribution in [0.25, 0.3) is 0 Å². The van der Waals surface area contributed by atoms with E-state index in [4.69, 9.17) is 5.73 Å². The zero-order chi connectivity index (χ0) is 16.7. The fourth-order valence-electron chi connectivity index (χ4n) is 3.03. The first-order valence-corrected chi connectivity index (χ1v) is 8.57. The molecule has 0 bridgehead atoms. The van der Waals surface area contributed by atoms with Crippen molar-refractivity contribution in [3.05, 3.63) is 23.8 Å². The number of anilines is 2. The quantitative estimate of drug-likeness (QED) is 0.754. The lowest BCUT2D eigenvalue weighted by Crippen LogP contribution is -2.25. The summed E-state index contributed by atoms with van der Waals surface area (Å²) in [4.78, 5) is 24.1. The zero-order valence-electron chi connectivity index (χ0n) is 13.9. The molecule has 1 aromatic rings. The summed E-state index contributed by atoms with van der Waals surface area (Å²) in [6.07, 6.45) is 6.54. The highest BCUT2D eigenvalue weighted by Crippen LogP contribution is 2.26. The van der Waals surface area contributed by atoms with Crippen LogP contribution in [0.4, 0.5) is 11.4 Å². The van der Waals surface area contributed by atoms with Gasteiger partial charge < -0.3 is 16.4 Å². The Kier molecular flexibility index (Phi) is 6.59. The average molecular weight is 317 g/mol. The number of nitrogens with two attached hydrogens (primary N) is 1. The van der Waals surface area contributed by atoms with Gasteiger partial charge in [0.05, 0.1) is 0 Å². The van der Waals surface area contributed by atoms with Crippen LogP contribution in [0.1, 0.15) is 51.0 Å². The van der Waals surface area contributed by atoms with Gasteiger partial charge in [0.1, 0.15) is 0 Å². The van der Waals surface area contributed by atoms with Gasteiger partial charge in [-0.3, -0.25) is 9.59 Å². The van der Waals surface area contributed by atoms with Crippen LogP contribution in [-0.2, 0) is 16.0 Å². The molecule has 0 aromatic heterocycles. The molecule has 0 spiro atoms. The Hall–Kier alpha value is -1.88. The summed E-state index contributed by atoms with van der Waals surface area (Å²) < 4.78 is 0. The number of amides is 2. The van der Waals surface area contributed by atoms with Crippen LogP contribution in [0.5, 0.6) is 0 Å². The zero-order valence-corrected chi connectivity index (χ0v) is 13.9. The number of carbonyl (C=O) groups is 2. The summed E-state index contributed by atoms with van der Waals surface area (Å²) in [5, 5.41) is 5.88. The molecule has 5 heteroatoms.